The van der Waals surface area contributed by atoms with Crippen LogP contribution in [0.3, 0.4) is 0 Å². The van der Waals surface area contributed by atoms with Gasteiger partial charge in [0.05, 0.1) is 5.25 Å². The zero-order valence-corrected chi connectivity index (χ0v) is 11.2. The fourth-order valence-corrected chi connectivity index (χ4v) is 3.65. The highest BCUT2D eigenvalue weighted by Crippen LogP contribution is 2.11. The molecule has 1 fully saturated rings. The second kappa shape index (κ2) is 6.31. The zero-order chi connectivity index (χ0) is 12.8. The van der Waals surface area contributed by atoms with Gasteiger partial charge in [0.2, 0.25) is 10.0 Å². The maximum Gasteiger partial charge on any atom is 0.214 e. The van der Waals surface area contributed by atoms with E-state index in [2.05, 4.69) is 20.0 Å². The van der Waals surface area contributed by atoms with Crippen molar-refractivity contribution >= 4 is 10.0 Å². The van der Waals surface area contributed by atoms with Crippen molar-refractivity contribution in [1.82, 2.24) is 20.0 Å². The van der Waals surface area contributed by atoms with Crippen molar-refractivity contribution in [3.63, 3.8) is 0 Å². The van der Waals surface area contributed by atoms with Crippen LogP contribution in [0, 0.1) is 0 Å². The summed E-state index contributed by atoms with van der Waals surface area (Å²) in [4.78, 5) is 7.10. The molecule has 102 valence electrons. The van der Waals surface area contributed by atoms with Gasteiger partial charge in [0.25, 0.3) is 0 Å². The Morgan fingerprint density at radius 1 is 1.39 bits per heavy atom. The quantitative estimate of drug-likeness (QED) is 0.637. The van der Waals surface area contributed by atoms with Crippen LogP contribution in [-0.2, 0) is 16.4 Å². The van der Waals surface area contributed by atoms with Crippen LogP contribution in [-0.4, -0.2) is 43.3 Å². The molecule has 0 saturated carbocycles. The third-order valence-corrected chi connectivity index (χ3v) is 5.13. The molecule has 1 saturated heterocycles. The predicted molar refractivity (Wildman–Crippen MR) is 69.7 cm³/mol. The molecule has 1 aliphatic heterocycles. The zero-order valence-electron chi connectivity index (χ0n) is 10.4. The molecular weight excluding hydrogens is 252 g/mol. The van der Waals surface area contributed by atoms with Gasteiger partial charge in [-0.2, -0.15) is 0 Å². The van der Waals surface area contributed by atoms with Crippen LogP contribution in [0.15, 0.2) is 12.4 Å². The molecule has 0 amide bonds. The molecule has 18 heavy (non-hydrogen) atoms. The lowest BCUT2D eigenvalue weighted by atomic mass is 10.2. The number of aryl methyl sites for hydroxylation is 1. The molecule has 0 bridgehead atoms. The summed E-state index contributed by atoms with van der Waals surface area (Å²) in [5.41, 5.74) is 0. The van der Waals surface area contributed by atoms with Crippen LogP contribution >= 0.6 is 0 Å². The first-order valence-corrected chi connectivity index (χ1v) is 7.90. The fraction of sp³-hybridized carbons (Fsp3) is 0.727. The molecule has 0 radical (unpaired) electrons. The first kappa shape index (κ1) is 13.5. The van der Waals surface area contributed by atoms with Crippen LogP contribution < -0.4 is 10.0 Å². The van der Waals surface area contributed by atoms with Crippen molar-refractivity contribution in [1.29, 1.82) is 0 Å². The molecule has 1 aromatic rings. The standard InChI is InChI=1S/C11H20N4O2S/c16-18(17,10-3-6-12-7-4-10)15-5-1-2-11-13-8-9-14-11/h8-10,12,15H,1-7H2,(H,13,14). The maximum atomic E-state index is 12.0. The van der Waals surface area contributed by atoms with Gasteiger partial charge in [-0.1, -0.05) is 0 Å². The monoisotopic (exact) mass is 272 g/mol. The molecule has 2 heterocycles. The van der Waals surface area contributed by atoms with Gasteiger partial charge in [-0.25, -0.2) is 18.1 Å². The van der Waals surface area contributed by atoms with Crippen molar-refractivity contribution in [3.8, 4) is 0 Å². The number of piperidine rings is 1. The van der Waals surface area contributed by atoms with Gasteiger partial charge in [-0.3, -0.25) is 0 Å². The average Bonchev–Trinajstić information content (AvgIpc) is 2.89. The molecule has 0 unspecified atom stereocenters. The Hall–Kier alpha value is -0.920. The van der Waals surface area contributed by atoms with Gasteiger partial charge in [0.1, 0.15) is 5.82 Å². The second-order valence-electron chi connectivity index (χ2n) is 4.53. The summed E-state index contributed by atoms with van der Waals surface area (Å²) in [6, 6.07) is 0. The maximum absolute atomic E-state index is 12.0. The Bertz CT molecular complexity index is 438. The molecule has 1 aromatic heterocycles. The summed E-state index contributed by atoms with van der Waals surface area (Å²) in [7, 11) is -3.15. The average molecular weight is 272 g/mol. The van der Waals surface area contributed by atoms with Crippen molar-refractivity contribution in [3.05, 3.63) is 18.2 Å². The van der Waals surface area contributed by atoms with Gasteiger partial charge < -0.3 is 10.3 Å². The third-order valence-electron chi connectivity index (χ3n) is 3.17. The van der Waals surface area contributed by atoms with E-state index in [1.807, 2.05) is 0 Å². The van der Waals surface area contributed by atoms with Crippen LogP contribution in [0.25, 0.3) is 0 Å². The predicted octanol–water partition coefficient (Wildman–Crippen LogP) is 0.0137. The van der Waals surface area contributed by atoms with E-state index >= 15 is 0 Å². The Balaban J connectivity index is 1.71. The fourth-order valence-electron chi connectivity index (χ4n) is 2.13. The van der Waals surface area contributed by atoms with Crippen LogP contribution in [0.1, 0.15) is 25.1 Å². The van der Waals surface area contributed by atoms with E-state index in [9.17, 15) is 8.42 Å². The third kappa shape index (κ3) is 3.79. The number of hydrogen-bond acceptors (Lipinski definition) is 4. The summed E-state index contributed by atoms with van der Waals surface area (Å²) in [6.45, 7) is 2.06. The number of aromatic nitrogens is 2. The molecule has 7 heteroatoms. The summed E-state index contributed by atoms with van der Waals surface area (Å²) in [5.74, 6) is 0.899. The van der Waals surface area contributed by atoms with Gasteiger partial charge in [-0.05, 0) is 32.4 Å². The normalized spacial score (nSPS) is 18.0. The smallest absolute Gasteiger partial charge is 0.214 e. The SMILES string of the molecule is O=S(=O)(NCCCc1ncc[nH]1)C1CCNCC1. The summed E-state index contributed by atoms with van der Waals surface area (Å²) >= 11 is 0. The van der Waals surface area contributed by atoms with E-state index in [0.717, 1.165) is 31.8 Å². The molecule has 3 N–H and O–H groups in total. The van der Waals surface area contributed by atoms with Crippen molar-refractivity contribution in [2.75, 3.05) is 19.6 Å². The van der Waals surface area contributed by atoms with Crippen molar-refractivity contribution < 1.29 is 8.42 Å². The van der Waals surface area contributed by atoms with Gasteiger partial charge in [0.15, 0.2) is 0 Å². The first-order valence-electron chi connectivity index (χ1n) is 6.36. The molecule has 0 atom stereocenters. The molecule has 6 nitrogen and oxygen atoms in total. The number of sulfonamides is 1. The van der Waals surface area contributed by atoms with E-state index in [0.29, 0.717) is 19.4 Å². The Morgan fingerprint density at radius 2 is 2.17 bits per heavy atom. The van der Waals surface area contributed by atoms with Crippen molar-refractivity contribution in [2.24, 2.45) is 0 Å². The van der Waals surface area contributed by atoms with E-state index in [1.54, 1.807) is 12.4 Å². The molecule has 0 spiro atoms. The largest absolute Gasteiger partial charge is 0.349 e. The Morgan fingerprint density at radius 3 is 2.83 bits per heavy atom. The number of imidazole rings is 1. The highest BCUT2D eigenvalue weighted by molar-refractivity contribution is 7.90. The second-order valence-corrected chi connectivity index (χ2v) is 6.57. The number of nitrogens with zero attached hydrogens (tertiary/aromatic N) is 1. The molecule has 1 aliphatic rings. The summed E-state index contributed by atoms with van der Waals surface area (Å²) in [5, 5.41) is 2.93. The van der Waals surface area contributed by atoms with E-state index in [4.69, 9.17) is 0 Å². The number of nitrogens with one attached hydrogen (secondary N) is 3. The molecular formula is C11H20N4O2S. The number of rotatable bonds is 6. The van der Waals surface area contributed by atoms with E-state index < -0.39 is 10.0 Å². The van der Waals surface area contributed by atoms with Crippen LogP contribution in [0.5, 0.6) is 0 Å². The lowest BCUT2D eigenvalue weighted by Crippen LogP contribution is -2.41. The van der Waals surface area contributed by atoms with Gasteiger partial charge in [0, 0.05) is 25.4 Å². The summed E-state index contributed by atoms with van der Waals surface area (Å²) in [6.07, 6.45) is 6.41. The van der Waals surface area contributed by atoms with Gasteiger partial charge in [-0.15, -0.1) is 0 Å². The highest BCUT2D eigenvalue weighted by atomic mass is 32.2. The van der Waals surface area contributed by atoms with E-state index in [-0.39, 0.29) is 5.25 Å². The molecule has 2 rings (SSSR count). The molecule has 0 aliphatic carbocycles. The number of aromatic amines is 1. The minimum absolute atomic E-state index is 0.234. The Labute approximate surface area is 108 Å². The minimum Gasteiger partial charge on any atom is -0.349 e. The lowest BCUT2D eigenvalue weighted by molar-refractivity contribution is 0.489. The van der Waals surface area contributed by atoms with Crippen LogP contribution in [0.4, 0.5) is 0 Å². The number of hydrogen-bond donors (Lipinski definition) is 3. The van der Waals surface area contributed by atoms with Crippen molar-refractivity contribution in [2.45, 2.75) is 30.9 Å². The molecule has 0 aromatic carbocycles. The first-order chi connectivity index (χ1) is 8.68. The summed E-state index contributed by atoms with van der Waals surface area (Å²) < 4.78 is 26.7. The topological polar surface area (TPSA) is 86.9 Å². The highest BCUT2D eigenvalue weighted by Gasteiger charge is 2.26. The number of H-pyrrole nitrogens is 1. The minimum atomic E-state index is -3.15. The van der Waals surface area contributed by atoms with E-state index in [1.165, 1.54) is 0 Å². The van der Waals surface area contributed by atoms with Crippen LogP contribution in [0.2, 0.25) is 0 Å². The Kier molecular flexibility index (Phi) is 4.73. The van der Waals surface area contributed by atoms with Gasteiger partial charge >= 0.3 is 0 Å². The lowest BCUT2D eigenvalue weighted by Gasteiger charge is -2.22.